The van der Waals surface area contributed by atoms with Crippen LogP contribution in [0.1, 0.15) is 36.9 Å². The van der Waals surface area contributed by atoms with Gasteiger partial charge in [-0.25, -0.2) is 0 Å². The summed E-state index contributed by atoms with van der Waals surface area (Å²) in [5, 5.41) is 0. The number of likely N-dealkylation sites (tertiary alicyclic amines) is 2. The van der Waals surface area contributed by atoms with Gasteiger partial charge >= 0.3 is 0 Å². The van der Waals surface area contributed by atoms with Crippen LogP contribution >= 0.6 is 0 Å². The predicted octanol–water partition coefficient (Wildman–Crippen LogP) is 2.20. The highest BCUT2D eigenvalue weighted by Crippen LogP contribution is 2.39. The third-order valence-corrected chi connectivity index (χ3v) is 5.65. The van der Waals surface area contributed by atoms with Gasteiger partial charge in [0, 0.05) is 31.7 Å². The minimum atomic E-state index is -0.674. The lowest BCUT2D eigenvalue weighted by Crippen LogP contribution is -2.61. The summed E-state index contributed by atoms with van der Waals surface area (Å²) in [4.78, 5) is 38.6. The van der Waals surface area contributed by atoms with Crippen molar-refractivity contribution in [3.63, 3.8) is 0 Å². The van der Waals surface area contributed by atoms with Crippen LogP contribution < -0.4 is 0 Å². The molecule has 0 aromatic carbocycles. The van der Waals surface area contributed by atoms with Gasteiger partial charge < -0.3 is 9.80 Å². The predicted molar refractivity (Wildman–Crippen MR) is 101 cm³/mol. The van der Waals surface area contributed by atoms with Gasteiger partial charge in [-0.3, -0.25) is 19.6 Å². The third kappa shape index (κ3) is 3.44. The molecule has 0 saturated carbocycles. The van der Waals surface area contributed by atoms with Crippen LogP contribution in [-0.2, 0) is 22.6 Å². The molecule has 2 aromatic rings. The lowest BCUT2D eigenvalue weighted by Gasteiger charge is -2.44. The standard InChI is InChI=1S/C21H24N4O2/c26-19(14-17-6-3-10-22-15-17)25-13-5-9-21(25)8-4-12-24(20(21)27)16-18-7-1-2-11-23-18/h1-3,6-7,10-11,15H,4-5,8-9,12-14,16H2. The maximum atomic E-state index is 13.4. The van der Waals surface area contributed by atoms with Gasteiger partial charge in [-0.2, -0.15) is 0 Å². The Hall–Kier alpha value is -2.76. The molecule has 6 nitrogen and oxygen atoms in total. The van der Waals surface area contributed by atoms with E-state index in [2.05, 4.69) is 9.97 Å². The molecule has 1 spiro atoms. The topological polar surface area (TPSA) is 66.4 Å². The van der Waals surface area contributed by atoms with Crippen molar-refractivity contribution in [3.8, 4) is 0 Å². The summed E-state index contributed by atoms with van der Waals surface area (Å²) in [5.41, 5.74) is 1.10. The minimum Gasteiger partial charge on any atom is -0.335 e. The van der Waals surface area contributed by atoms with Crippen LogP contribution in [0.5, 0.6) is 0 Å². The van der Waals surface area contributed by atoms with E-state index in [0.29, 0.717) is 19.5 Å². The maximum Gasteiger partial charge on any atom is 0.248 e. The van der Waals surface area contributed by atoms with Crippen molar-refractivity contribution >= 4 is 11.8 Å². The molecule has 4 rings (SSSR count). The Labute approximate surface area is 159 Å². The van der Waals surface area contributed by atoms with Crippen LogP contribution in [0.2, 0.25) is 0 Å². The van der Waals surface area contributed by atoms with Gasteiger partial charge in [-0.05, 0) is 49.4 Å². The van der Waals surface area contributed by atoms with Crippen molar-refractivity contribution in [2.45, 2.75) is 44.2 Å². The molecule has 2 aliphatic rings. The first-order chi connectivity index (χ1) is 13.2. The monoisotopic (exact) mass is 364 g/mol. The molecular formula is C21H24N4O2. The van der Waals surface area contributed by atoms with E-state index in [0.717, 1.165) is 43.5 Å². The van der Waals surface area contributed by atoms with Gasteiger partial charge in [0.2, 0.25) is 11.8 Å². The molecule has 2 fully saturated rings. The second-order valence-electron chi connectivity index (χ2n) is 7.37. The molecule has 1 atom stereocenters. The molecule has 4 heterocycles. The van der Waals surface area contributed by atoms with Crippen LogP contribution in [0.25, 0.3) is 0 Å². The van der Waals surface area contributed by atoms with Crippen LogP contribution in [-0.4, -0.2) is 50.2 Å². The van der Waals surface area contributed by atoms with E-state index in [4.69, 9.17) is 0 Å². The summed E-state index contributed by atoms with van der Waals surface area (Å²) in [5.74, 6) is 0.102. The highest BCUT2D eigenvalue weighted by Gasteiger charge is 2.52. The summed E-state index contributed by atoms with van der Waals surface area (Å²) in [6.45, 7) is 1.89. The smallest absolute Gasteiger partial charge is 0.248 e. The molecule has 140 valence electrons. The summed E-state index contributed by atoms with van der Waals surface area (Å²) >= 11 is 0. The first-order valence-corrected chi connectivity index (χ1v) is 9.58. The van der Waals surface area contributed by atoms with E-state index < -0.39 is 5.54 Å². The second kappa shape index (κ2) is 7.47. The Bertz CT molecular complexity index is 811. The molecule has 2 saturated heterocycles. The summed E-state index contributed by atoms with van der Waals surface area (Å²) < 4.78 is 0. The number of pyridine rings is 2. The maximum absolute atomic E-state index is 13.4. The molecule has 1 unspecified atom stereocenters. The van der Waals surface area contributed by atoms with E-state index in [1.807, 2.05) is 40.1 Å². The summed E-state index contributed by atoms with van der Waals surface area (Å²) in [6.07, 6.45) is 8.76. The van der Waals surface area contributed by atoms with Crippen LogP contribution in [0.3, 0.4) is 0 Å². The number of piperidine rings is 1. The summed E-state index contributed by atoms with van der Waals surface area (Å²) in [6, 6.07) is 9.49. The number of hydrogen-bond acceptors (Lipinski definition) is 4. The average molecular weight is 364 g/mol. The third-order valence-electron chi connectivity index (χ3n) is 5.65. The van der Waals surface area contributed by atoms with E-state index in [1.165, 1.54) is 0 Å². The molecule has 6 heteroatoms. The van der Waals surface area contributed by atoms with Gasteiger partial charge in [0.05, 0.1) is 18.7 Å². The molecule has 0 radical (unpaired) electrons. The zero-order chi connectivity index (χ0) is 18.7. The van der Waals surface area contributed by atoms with Gasteiger partial charge in [0.1, 0.15) is 5.54 Å². The molecule has 2 amide bonds. The van der Waals surface area contributed by atoms with Crippen molar-refractivity contribution < 1.29 is 9.59 Å². The highest BCUT2D eigenvalue weighted by atomic mass is 16.2. The Morgan fingerprint density at radius 1 is 1.07 bits per heavy atom. The second-order valence-corrected chi connectivity index (χ2v) is 7.37. The largest absolute Gasteiger partial charge is 0.335 e. The minimum absolute atomic E-state index is 0.0218. The zero-order valence-corrected chi connectivity index (χ0v) is 15.4. The van der Waals surface area contributed by atoms with Crippen molar-refractivity contribution in [1.29, 1.82) is 0 Å². The number of aromatic nitrogens is 2. The van der Waals surface area contributed by atoms with Gasteiger partial charge in [-0.15, -0.1) is 0 Å². The van der Waals surface area contributed by atoms with E-state index >= 15 is 0 Å². The van der Waals surface area contributed by atoms with Crippen molar-refractivity contribution in [2.24, 2.45) is 0 Å². The van der Waals surface area contributed by atoms with E-state index in [-0.39, 0.29) is 11.8 Å². The zero-order valence-electron chi connectivity index (χ0n) is 15.4. The van der Waals surface area contributed by atoms with Crippen molar-refractivity contribution in [3.05, 3.63) is 60.2 Å². The first kappa shape index (κ1) is 17.6. The van der Waals surface area contributed by atoms with E-state index in [9.17, 15) is 9.59 Å². The first-order valence-electron chi connectivity index (χ1n) is 9.58. The molecule has 0 bridgehead atoms. The molecule has 27 heavy (non-hydrogen) atoms. The fourth-order valence-corrected chi connectivity index (χ4v) is 4.40. The van der Waals surface area contributed by atoms with Gasteiger partial charge in [0.15, 0.2) is 0 Å². The van der Waals surface area contributed by atoms with Crippen LogP contribution in [0, 0.1) is 0 Å². The number of carbonyl (C=O) groups excluding carboxylic acids is 2. The van der Waals surface area contributed by atoms with Crippen molar-refractivity contribution in [2.75, 3.05) is 13.1 Å². The van der Waals surface area contributed by atoms with E-state index in [1.54, 1.807) is 18.6 Å². The molecule has 2 aromatic heterocycles. The normalized spacial score (nSPS) is 22.4. The molecule has 0 aliphatic carbocycles. The number of nitrogens with zero attached hydrogens (tertiary/aromatic N) is 4. The number of rotatable bonds is 4. The number of carbonyl (C=O) groups is 2. The summed E-state index contributed by atoms with van der Waals surface area (Å²) in [7, 11) is 0. The quantitative estimate of drug-likeness (QED) is 0.834. The van der Waals surface area contributed by atoms with Gasteiger partial charge in [0.25, 0.3) is 0 Å². The molecular weight excluding hydrogens is 340 g/mol. The number of amides is 2. The fraction of sp³-hybridized carbons (Fsp3) is 0.429. The molecule has 2 aliphatic heterocycles. The SMILES string of the molecule is O=C(Cc1cccnc1)N1CCCC12CCCN(Cc1ccccn1)C2=O. The Morgan fingerprint density at radius 3 is 2.67 bits per heavy atom. The van der Waals surface area contributed by atoms with Crippen molar-refractivity contribution in [1.82, 2.24) is 19.8 Å². The lowest BCUT2D eigenvalue weighted by molar-refractivity contribution is -0.155. The Kier molecular flexibility index (Phi) is 4.88. The van der Waals surface area contributed by atoms with Crippen LogP contribution in [0.4, 0.5) is 0 Å². The Morgan fingerprint density at radius 2 is 1.93 bits per heavy atom. The lowest BCUT2D eigenvalue weighted by atomic mass is 9.85. The Balaban J connectivity index is 1.53. The average Bonchev–Trinajstić information content (AvgIpc) is 3.12. The van der Waals surface area contributed by atoms with Gasteiger partial charge in [-0.1, -0.05) is 12.1 Å². The fourth-order valence-electron chi connectivity index (χ4n) is 4.40. The molecule has 0 N–H and O–H groups in total. The number of hydrogen-bond donors (Lipinski definition) is 0. The highest BCUT2D eigenvalue weighted by molar-refractivity contribution is 5.93. The van der Waals surface area contributed by atoms with Crippen LogP contribution in [0.15, 0.2) is 48.9 Å².